The summed E-state index contributed by atoms with van der Waals surface area (Å²) in [6, 6.07) is 16.9. The van der Waals surface area contributed by atoms with E-state index in [2.05, 4.69) is 17.0 Å². The second-order valence-corrected chi connectivity index (χ2v) is 13.1. The summed E-state index contributed by atoms with van der Waals surface area (Å²) in [5.74, 6) is 1.19. The Morgan fingerprint density at radius 1 is 1.02 bits per heavy atom. The standard InChI is InChI=1S/C32H35FN2O5S/c1-2-40-30-18-29(23-5-7-25(33)8-6-23)28(22-3-4-22)17-24(30)20-34-15-13-32(14-16-34)19-31(36)35(21-32)26-9-11-27(12-10-26)41(37,38)39/h5-12,17-18,22H,2-4,13-16,19-21H2,1H3,(H,37,38,39). The van der Waals surface area contributed by atoms with Crippen molar-refractivity contribution in [1.29, 1.82) is 0 Å². The molecule has 3 aliphatic rings. The summed E-state index contributed by atoms with van der Waals surface area (Å²) in [5, 5.41) is 0. The van der Waals surface area contributed by atoms with Gasteiger partial charge in [0.05, 0.1) is 11.5 Å². The quantitative estimate of drug-likeness (QED) is 0.328. The van der Waals surface area contributed by atoms with Crippen molar-refractivity contribution in [3.05, 3.63) is 77.6 Å². The van der Waals surface area contributed by atoms with Crippen molar-refractivity contribution < 1.29 is 26.9 Å². The molecule has 0 radical (unpaired) electrons. The molecular formula is C32H35FN2O5S. The van der Waals surface area contributed by atoms with Gasteiger partial charge in [-0.3, -0.25) is 14.2 Å². The molecule has 7 nitrogen and oxygen atoms in total. The molecule has 2 saturated heterocycles. The van der Waals surface area contributed by atoms with E-state index < -0.39 is 10.1 Å². The third-order valence-corrected chi connectivity index (χ3v) is 9.65. The second kappa shape index (κ2) is 10.9. The normalized spacial score (nSPS) is 19.2. The number of hydrogen-bond acceptors (Lipinski definition) is 5. The third kappa shape index (κ3) is 5.89. The number of rotatable bonds is 8. The molecule has 3 fully saturated rings. The molecule has 1 spiro atoms. The molecule has 1 saturated carbocycles. The summed E-state index contributed by atoms with van der Waals surface area (Å²) in [6.45, 7) is 5.65. The molecule has 6 rings (SSSR count). The third-order valence-electron chi connectivity index (χ3n) is 8.78. The molecular weight excluding hydrogens is 543 g/mol. The smallest absolute Gasteiger partial charge is 0.294 e. The predicted octanol–water partition coefficient (Wildman–Crippen LogP) is 6.03. The molecule has 1 N–H and O–H groups in total. The zero-order valence-corrected chi connectivity index (χ0v) is 24.0. The number of benzene rings is 3. The number of halogens is 1. The fourth-order valence-electron chi connectivity index (χ4n) is 6.36. The van der Waals surface area contributed by atoms with Gasteiger partial charge in [-0.1, -0.05) is 12.1 Å². The van der Waals surface area contributed by atoms with Crippen molar-refractivity contribution in [2.24, 2.45) is 5.41 Å². The number of likely N-dealkylation sites (tertiary alicyclic amines) is 1. The lowest BCUT2D eigenvalue weighted by molar-refractivity contribution is -0.118. The molecule has 3 aromatic rings. The Balaban J connectivity index is 1.17. The summed E-state index contributed by atoms with van der Waals surface area (Å²) in [4.78, 5) is 17.0. The van der Waals surface area contributed by atoms with Crippen LogP contribution in [-0.2, 0) is 21.5 Å². The van der Waals surface area contributed by atoms with E-state index in [1.54, 1.807) is 17.0 Å². The number of ether oxygens (including phenoxy) is 1. The van der Waals surface area contributed by atoms with E-state index in [0.717, 1.165) is 62.2 Å². The molecule has 1 amide bonds. The van der Waals surface area contributed by atoms with Crippen LogP contribution in [0.1, 0.15) is 56.1 Å². The van der Waals surface area contributed by atoms with Gasteiger partial charge in [-0.2, -0.15) is 8.42 Å². The van der Waals surface area contributed by atoms with Crippen LogP contribution in [0.25, 0.3) is 11.1 Å². The molecule has 216 valence electrons. The van der Waals surface area contributed by atoms with E-state index in [0.29, 0.717) is 31.2 Å². The van der Waals surface area contributed by atoms with Crippen LogP contribution in [0.3, 0.4) is 0 Å². The van der Waals surface area contributed by atoms with Crippen LogP contribution < -0.4 is 9.64 Å². The molecule has 2 heterocycles. The van der Waals surface area contributed by atoms with Crippen LogP contribution in [0.2, 0.25) is 0 Å². The highest BCUT2D eigenvalue weighted by atomic mass is 32.2. The van der Waals surface area contributed by atoms with Gasteiger partial charge in [-0.05, 0) is 122 Å². The second-order valence-electron chi connectivity index (χ2n) is 11.7. The zero-order chi connectivity index (χ0) is 28.8. The topological polar surface area (TPSA) is 87.2 Å². The Bertz CT molecular complexity index is 1540. The first-order chi connectivity index (χ1) is 19.6. The van der Waals surface area contributed by atoms with Crippen LogP contribution in [-0.4, -0.2) is 50.0 Å². The number of carbonyl (C=O) groups excluding carboxylic acids is 1. The number of anilines is 1. The predicted molar refractivity (Wildman–Crippen MR) is 155 cm³/mol. The highest BCUT2D eigenvalue weighted by Crippen LogP contribution is 2.47. The van der Waals surface area contributed by atoms with Crippen molar-refractivity contribution in [1.82, 2.24) is 4.90 Å². The summed E-state index contributed by atoms with van der Waals surface area (Å²) < 4.78 is 51.8. The molecule has 0 atom stereocenters. The summed E-state index contributed by atoms with van der Waals surface area (Å²) in [6.07, 6.45) is 4.59. The van der Waals surface area contributed by atoms with E-state index >= 15 is 0 Å². The first-order valence-corrected chi connectivity index (χ1v) is 15.7. The molecule has 1 aliphatic carbocycles. The molecule has 41 heavy (non-hydrogen) atoms. The lowest BCUT2D eigenvalue weighted by Crippen LogP contribution is -2.41. The van der Waals surface area contributed by atoms with Crippen LogP contribution in [0.5, 0.6) is 5.75 Å². The van der Waals surface area contributed by atoms with E-state index in [-0.39, 0.29) is 22.0 Å². The number of amides is 1. The fraction of sp³-hybridized carbons (Fsp3) is 0.406. The Kier molecular flexibility index (Phi) is 7.38. The largest absolute Gasteiger partial charge is 0.494 e. The minimum atomic E-state index is -4.28. The monoisotopic (exact) mass is 578 g/mol. The Labute approximate surface area is 240 Å². The van der Waals surface area contributed by atoms with Crippen molar-refractivity contribution in [2.75, 3.05) is 31.1 Å². The van der Waals surface area contributed by atoms with Crippen molar-refractivity contribution >= 4 is 21.7 Å². The maximum absolute atomic E-state index is 13.6. The Morgan fingerprint density at radius 2 is 1.71 bits per heavy atom. The van der Waals surface area contributed by atoms with E-state index in [9.17, 15) is 22.2 Å². The summed E-state index contributed by atoms with van der Waals surface area (Å²) >= 11 is 0. The van der Waals surface area contributed by atoms with Crippen LogP contribution in [0.15, 0.2) is 65.6 Å². The van der Waals surface area contributed by atoms with Crippen molar-refractivity contribution in [2.45, 2.75) is 56.4 Å². The highest BCUT2D eigenvalue weighted by Gasteiger charge is 2.45. The Morgan fingerprint density at radius 3 is 2.32 bits per heavy atom. The minimum absolute atomic E-state index is 0.0437. The van der Waals surface area contributed by atoms with Gasteiger partial charge < -0.3 is 9.64 Å². The first kappa shape index (κ1) is 27.9. The Hall–Kier alpha value is -3.27. The lowest BCUT2D eigenvalue weighted by atomic mass is 9.77. The van der Waals surface area contributed by atoms with Crippen LogP contribution >= 0.6 is 0 Å². The molecule has 9 heteroatoms. The number of piperidine rings is 1. The molecule has 0 unspecified atom stereocenters. The number of carbonyl (C=O) groups is 1. The molecule has 2 aliphatic heterocycles. The zero-order valence-electron chi connectivity index (χ0n) is 23.2. The fourth-order valence-corrected chi connectivity index (χ4v) is 6.84. The summed E-state index contributed by atoms with van der Waals surface area (Å²) in [7, 11) is -4.28. The van der Waals surface area contributed by atoms with Crippen LogP contribution in [0.4, 0.5) is 10.1 Å². The highest BCUT2D eigenvalue weighted by molar-refractivity contribution is 7.85. The maximum atomic E-state index is 13.6. The van der Waals surface area contributed by atoms with Gasteiger partial charge in [0.2, 0.25) is 5.91 Å². The number of nitrogens with zero attached hydrogens (tertiary/aromatic N) is 2. The lowest BCUT2D eigenvalue weighted by Gasteiger charge is -2.39. The van der Waals surface area contributed by atoms with Gasteiger partial charge in [-0.15, -0.1) is 0 Å². The number of hydrogen-bond donors (Lipinski definition) is 1. The SMILES string of the molecule is CCOc1cc(-c2ccc(F)cc2)c(C2CC2)cc1CN1CCC2(CC1)CC(=O)N(c1ccc(S(=O)(=O)O)cc1)C2. The van der Waals surface area contributed by atoms with E-state index in [4.69, 9.17) is 4.74 Å². The van der Waals surface area contributed by atoms with Gasteiger partial charge in [0.1, 0.15) is 11.6 Å². The summed E-state index contributed by atoms with van der Waals surface area (Å²) in [5.41, 5.74) is 5.13. The van der Waals surface area contributed by atoms with E-state index in [1.165, 1.54) is 35.4 Å². The van der Waals surface area contributed by atoms with E-state index in [1.807, 2.05) is 19.1 Å². The molecule has 0 aromatic heterocycles. The van der Waals surface area contributed by atoms with Crippen molar-refractivity contribution in [3.63, 3.8) is 0 Å². The van der Waals surface area contributed by atoms with Crippen molar-refractivity contribution in [3.8, 4) is 16.9 Å². The van der Waals surface area contributed by atoms with Gasteiger partial charge in [0.25, 0.3) is 10.1 Å². The molecule has 0 bridgehead atoms. The van der Waals surface area contributed by atoms with Gasteiger partial charge in [-0.25, -0.2) is 4.39 Å². The minimum Gasteiger partial charge on any atom is -0.494 e. The molecule has 3 aromatic carbocycles. The average Bonchev–Trinajstić information content (AvgIpc) is 3.74. The van der Waals surface area contributed by atoms with Gasteiger partial charge in [0.15, 0.2) is 0 Å². The maximum Gasteiger partial charge on any atom is 0.294 e. The van der Waals surface area contributed by atoms with Gasteiger partial charge in [0, 0.05) is 30.8 Å². The van der Waals surface area contributed by atoms with Crippen LogP contribution in [0, 0.1) is 11.2 Å². The van der Waals surface area contributed by atoms with Gasteiger partial charge >= 0.3 is 0 Å². The first-order valence-electron chi connectivity index (χ1n) is 14.3. The average molecular weight is 579 g/mol.